The highest BCUT2D eigenvalue weighted by Crippen LogP contribution is 2.20. The van der Waals surface area contributed by atoms with E-state index in [-0.39, 0.29) is 0 Å². The zero-order valence-electron chi connectivity index (χ0n) is 14.7. The van der Waals surface area contributed by atoms with Crippen molar-refractivity contribution in [3.05, 3.63) is 65.0 Å². The van der Waals surface area contributed by atoms with Gasteiger partial charge in [-0.2, -0.15) is 0 Å². The first-order valence-corrected chi connectivity index (χ1v) is 8.71. The van der Waals surface area contributed by atoms with Crippen LogP contribution in [-0.2, 0) is 6.54 Å². The zero-order chi connectivity index (χ0) is 16.9. The number of aliphatic hydroxyl groups excluding tert-OH is 1. The van der Waals surface area contributed by atoms with Crippen molar-refractivity contribution in [3.63, 3.8) is 0 Å². The summed E-state index contributed by atoms with van der Waals surface area (Å²) in [6, 6.07) is 12.4. The summed E-state index contributed by atoms with van der Waals surface area (Å²) in [4.78, 5) is 9.19. The molecule has 1 atom stereocenters. The van der Waals surface area contributed by atoms with Crippen LogP contribution < -0.4 is 0 Å². The van der Waals surface area contributed by atoms with Crippen LogP contribution in [0.2, 0.25) is 0 Å². The number of hydrogen-bond donors (Lipinski definition) is 1. The lowest BCUT2D eigenvalue weighted by Gasteiger charge is -2.35. The van der Waals surface area contributed by atoms with E-state index in [1.807, 2.05) is 18.3 Å². The van der Waals surface area contributed by atoms with Crippen LogP contribution in [0.25, 0.3) is 0 Å². The molecule has 3 rings (SSSR count). The Bertz CT molecular complexity index is 651. The van der Waals surface area contributed by atoms with Crippen LogP contribution in [0, 0.1) is 13.8 Å². The molecule has 128 valence electrons. The molecule has 0 saturated carbocycles. The fourth-order valence-electron chi connectivity index (χ4n) is 3.39. The van der Waals surface area contributed by atoms with Gasteiger partial charge in [0.2, 0.25) is 0 Å². The molecule has 1 aliphatic rings. The van der Waals surface area contributed by atoms with Gasteiger partial charge in [-0.3, -0.25) is 14.8 Å². The lowest BCUT2D eigenvalue weighted by atomic mass is 10.0. The highest BCUT2D eigenvalue weighted by Gasteiger charge is 2.20. The van der Waals surface area contributed by atoms with Crippen molar-refractivity contribution in [1.82, 2.24) is 14.8 Å². The van der Waals surface area contributed by atoms with Gasteiger partial charge in [0.1, 0.15) is 0 Å². The number of nitrogens with zero attached hydrogens (tertiary/aromatic N) is 3. The molecule has 1 N–H and O–H groups in total. The van der Waals surface area contributed by atoms with Gasteiger partial charge in [-0.05, 0) is 37.1 Å². The molecule has 1 aliphatic heterocycles. The Balaban J connectivity index is 1.50. The van der Waals surface area contributed by atoms with E-state index in [0.29, 0.717) is 6.54 Å². The van der Waals surface area contributed by atoms with Crippen LogP contribution in [-0.4, -0.2) is 52.6 Å². The number of aromatic nitrogens is 1. The van der Waals surface area contributed by atoms with E-state index in [9.17, 15) is 5.11 Å². The average Bonchev–Trinajstić information content (AvgIpc) is 2.57. The molecule has 4 heteroatoms. The minimum atomic E-state index is -0.409. The molecule has 0 radical (unpaired) electrons. The smallest absolute Gasteiger partial charge is 0.0919 e. The molecular formula is C20H27N3O. The molecule has 1 fully saturated rings. The van der Waals surface area contributed by atoms with Crippen molar-refractivity contribution in [3.8, 4) is 0 Å². The molecule has 0 unspecified atom stereocenters. The van der Waals surface area contributed by atoms with Crippen molar-refractivity contribution in [1.29, 1.82) is 0 Å². The first kappa shape index (κ1) is 17.1. The number of pyridine rings is 1. The number of benzene rings is 1. The fraction of sp³-hybridized carbons (Fsp3) is 0.450. The van der Waals surface area contributed by atoms with E-state index in [1.54, 1.807) is 0 Å². The fourth-order valence-corrected chi connectivity index (χ4v) is 3.39. The SMILES string of the molecule is Cc1ccc([C@H](O)CN2CCN(Cc3ccccn3)CC2)c(C)c1. The highest BCUT2D eigenvalue weighted by atomic mass is 16.3. The molecular weight excluding hydrogens is 298 g/mol. The molecule has 0 amide bonds. The van der Waals surface area contributed by atoms with Crippen LogP contribution in [0.5, 0.6) is 0 Å². The van der Waals surface area contributed by atoms with Gasteiger partial charge in [-0.1, -0.05) is 29.8 Å². The lowest BCUT2D eigenvalue weighted by Crippen LogP contribution is -2.47. The minimum Gasteiger partial charge on any atom is -0.387 e. The maximum atomic E-state index is 10.6. The van der Waals surface area contributed by atoms with E-state index in [1.165, 1.54) is 11.1 Å². The second-order valence-corrected chi connectivity index (χ2v) is 6.77. The maximum absolute atomic E-state index is 10.6. The van der Waals surface area contributed by atoms with E-state index in [4.69, 9.17) is 0 Å². The first-order chi connectivity index (χ1) is 11.6. The van der Waals surface area contributed by atoms with Crippen LogP contribution in [0.4, 0.5) is 0 Å². The standard InChI is InChI=1S/C20H27N3O/c1-16-6-7-19(17(2)13-16)20(24)15-23-11-9-22(10-12-23)14-18-5-3-4-8-21-18/h3-8,13,20,24H,9-12,14-15H2,1-2H3/t20-/m1/s1. The van der Waals surface area contributed by atoms with Crippen molar-refractivity contribution < 1.29 is 5.11 Å². The van der Waals surface area contributed by atoms with Gasteiger partial charge in [-0.15, -0.1) is 0 Å². The summed E-state index contributed by atoms with van der Waals surface area (Å²) < 4.78 is 0. The third-order valence-corrected chi connectivity index (χ3v) is 4.79. The topological polar surface area (TPSA) is 39.6 Å². The summed E-state index contributed by atoms with van der Waals surface area (Å²) in [5.74, 6) is 0. The van der Waals surface area contributed by atoms with E-state index >= 15 is 0 Å². The number of β-amino-alcohol motifs (C(OH)–C–C–N with tert-alkyl or cyclic N) is 1. The summed E-state index contributed by atoms with van der Waals surface area (Å²) in [7, 11) is 0. The normalized spacial score (nSPS) is 17.8. The maximum Gasteiger partial charge on any atom is 0.0919 e. The largest absolute Gasteiger partial charge is 0.387 e. The average molecular weight is 325 g/mol. The minimum absolute atomic E-state index is 0.409. The molecule has 4 nitrogen and oxygen atoms in total. The first-order valence-electron chi connectivity index (χ1n) is 8.71. The number of rotatable bonds is 5. The molecule has 0 spiro atoms. The molecule has 1 saturated heterocycles. The summed E-state index contributed by atoms with van der Waals surface area (Å²) in [5, 5.41) is 10.6. The van der Waals surface area contributed by atoms with E-state index in [2.05, 4.69) is 52.9 Å². The number of hydrogen-bond acceptors (Lipinski definition) is 4. The second kappa shape index (κ2) is 7.88. The van der Waals surface area contributed by atoms with Crippen molar-refractivity contribution in [2.45, 2.75) is 26.5 Å². The summed E-state index contributed by atoms with van der Waals surface area (Å²) in [5.41, 5.74) is 4.60. The predicted molar refractivity (Wildman–Crippen MR) is 96.8 cm³/mol. The third kappa shape index (κ3) is 4.41. The number of aliphatic hydroxyl groups is 1. The van der Waals surface area contributed by atoms with Gasteiger partial charge in [0, 0.05) is 45.5 Å². The Kier molecular flexibility index (Phi) is 5.61. The Hall–Kier alpha value is -1.75. The molecule has 24 heavy (non-hydrogen) atoms. The lowest BCUT2D eigenvalue weighted by molar-refractivity contribution is 0.0694. The van der Waals surface area contributed by atoms with E-state index < -0.39 is 6.10 Å². The van der Waals surface area contributed by atoms with Crippen LogP contribution in [0.15, 0.2) is 42.6 Å². The van der Waals surface area contributed by atoms with Gasteiger partial charge >= 0.3 is 0 Å². The summed E-state index contributed by atoms with van der Waals surface area (Å²) in [6.07, 6.45) is 1.44. The Labute approximate surface area is 144 Å². The number of piperazine rings is 1. The summed E-state index contributed by atoms with van der Waals surface area (Å²) >= 11 is 0. The molecule has 0 aliphatic carbocycles. The van der Waals surface area contributed by atoms with Crippen molar-refractivity contribution >= 4 is 0 Å². The molecule has 1 aromatic heterocycles. The molecule has 2 aromatic rings. The third-order valence-electron chi connectivity index (χ3n) is 4.79. The molecule has 1 aromatic carbocycles. The highest BCUT2D eigenvalue weighted by molar-refractivity contribution is 5.32. The van der Waals surface area contributed by atoms with Crippen LogP contribution >= 0.6 is 0 Å². The van der Waals surface area contributed by atoms with Crippen molar-refractivity contribution in [2.75, 3.05) is 32.7 Å². The zero-order valence-corrected chi connectivity index (χ0v) is 14.7. The monoisotopic (exact) mass is 325 g/mol. The summed E-state index contributed by atoms with van der Waals surface area (Å²) in [6.45, 7) is 9.83. The number of aryl methyl sites for hydroxylation is 2. The molecule has 0 bridgehead atoms. The Morgan fingerprint density at radius 3 is 2.46 bits per heavy atom. The van der Waals surface area contributed by atoms with Gasteiger partial charge < -0.3 is 5.11 Å². The van der Waals surface area contributed by atoms with Gasteiger partial charge in [0.05, 0.1) is 11.8 Å². The van der Waals surface area contributed by atoms with Gasteiger partial charge in [-0.25, -0.2) is 0 Å². The van der Waals surface area contributed by atoms with Gasteiger partial charge in [0.15, 0.2) is 0 Å². The Morgan fingerprint density at radius 1 is 1.04 bits per heavy atom. The Morgan fingerprint density at radius 2 is 1.79 bits per heavy atom. The quantitative estimate of drug-likeness (QED) is 0.917. The van der Waals surface area contributed by atoms with Crippen molar-refractivity contribution in [2.24, 2.45) is 0 Å². The molecule has 2 heterocycles. The van der Waals surface area contributed by atoms with Crippen LogP contribution in [0.1, 0.15) is 28.5 Å². The predicted octanol–water partition coefficient (Wildman–Crippen LogP) is 2.55. The van der Waals surface area contributed by atoms with E-state index in [0.717, 1.165) is 44.0 Å². The van der Waals surface area contributed by atoms with Crippen LogP contribution in [0.3, 0.4) is 0 Å². The second-order valence-electron chi connectivity index (χ2n) is 6.77. The van der Waals surface area contributed by atoms with Gasteiger partial charge in [0.25, 0.3) is 0 Å².